The number of hydrogen-bond acceptors (Lipinski definition) is 7. The van der Waals surface area contributed by atoms with Gasteiger partial charge in [-0.25, -0.2) is 4.79 Å². The minimum Gasteiger partial charge on any atom is -0.454 e. The maximum absolute atomic E-state index is 13.1. The van der Waals surface area contributed by atoms with Crippen molar-refractivity contribution in [2.45, 2.75) is 78.5 Å². The number of ether oxygens (including phenoxy) is 1. The van der Waals surface area contributed by atoms with Gasteiger partial charge in [-0.3, -0.25) is 19.2 Å². The predicted octanol–water partition coefficient (Wildman–Crippen LogP) is 1.27. The lowest BCUT2D eigenvalue weighted by molar-refractivity contribution is -0.162. The minimum atomic E-state index is -1.05. The lowest BCUT2D eigenvalue weighted by Gasteiger charge is -2.24. The van der Waals surface area contributed by atoms with Gasteiger partial charge in [0.1, 0.15) is 11.6 Å². The Kier molecular flexibility index (Phi) is 13.5. The highest BCUT2D eigenvalue weighted by atomic mass is 16.6. The summed E-state index contributed by atoms with van der Waals surface area (Å²) >= 11 is 0. The summed E-state index contributed by atoms with van der Waals surface area (Å²) in [7, 11) is 0. The first kappa shape index (κ1) is 31.8. The van der Waals surface area contributed by atoms with Gasteiger partial charge in [-0.1, -0.05) is 51.1 Å². The molecule has 10 heteroatoms. The van der Waals surface area contributed by atoms with E-state index in [-0.39, 0.29) is 18.2 Å². The second-order valence-corrected chi connectivity index (χ2v) is 10.3. The second kappa shape index (κ2) is 15.8. The lowest BCUT2D eigenvalue weighted by atomic mass is 10.0. The van der Waals surface area contributed by atoms with Crippen LogP contribution < -0.4 is 21.3 Å². The lowest BCUT2D eigenvalue weighted by Crippen LogP contribution is -2.55. The summed E-state index contributed by atoms with van der Waals surface area (Å²) < 4.78 is 4.97. The third-order valence-electron chi connectivity index (χ3n) is 5.08. The highest BCUT2D eigenvalue weighted by molar-refractivity contribution is 6.34. The number of benzene rings is 1. The molecule has 0 aliphatic rings. The summed E-state index contributed by atoms with van der Waals surface area (Å²) in [6.07, 6.45) is 1.71. The molecule has 3 amide bonds. The van der Waals surface area contributed by atoms with Crippen LogP contribution in [0.1, 0.15) is 59.9 Å². The molecule has 1 rings (SSSR count). The molecular formula is C27H42N4O6. The van der Waals surface area contributed by atoms with Crippen LogP contribution in [-0.4, -0.2) is 66.8 Å². The molecule has 2 atom stereocenters. The first-order chi connectivity index (χ1) is 17.3. The van der Waals surface area contributed by atoms with Gasteiger partial charge in [0.25, 0.3) is 5.78 Å². The summed E-state index contributed by atoms with van der Waals surface area (Å²) in [5, 5.41) is 10.9. The summed E-state index contributed by atoms with van der Waals surface area (Å²) in [5.74, 6) is -3.16. The number of carbonyl (C=O) groups excluding carboxylic acids is 5. The highest BCUT2D eigenvalue weighted by Gasteiger charge is 2.27. The molecule has 206 valence electrons. The average Bonchev–Trinajstić information content (AvgIpc) is 2.82. The van der Waals surface area contributed by atoms with Gasteiger partial charge in [0, 0.05) is 6.42 Å². The molecule has 0 aromatic heterocycles. The van der Waals surface area contributed by atoms with Gasteiger partial charge in [0.15, 0.2) is 0 Å². The second-order valence-electron chi connectivity index (χ2n) is 10.3. The Bertz CT molecular complexity index is 911. The number of nitrogens with one attached hydrogen (secondary N) is 4. The first-order valence-electron chi connectivity index (χ1n) is 12.7. The Labute approximate surface area is 219 Å². The zero-order valence-electron chi connectivity index (χ0n) is 22.8. The summed E-state index contributed by atoms with van der Waals surface area (Å²) in [6.45, 7) is 10.6. The SMILES string of the molecule is CCCNC(CC(C)C)C(=O)N[C@@H](Cc1ccccc1)C(=O)NCC(=O)NCC(=O)C(=O)OC(C)(C)C. The first-order valence-corrected chi connectivity index (χ1v) is 12.7. The Morgan fingerprint density at radius 3 is 2.11 bits per heavy atom. The van der Waals surface area contributed by atoms with Crippen LogP contribution in [0.5, 0.6) is 0 Å². The fourth-order valence-corrected chi connectivity index (χ4v) is 3.34. The molecule has 37 heavy (non-hydrogen) atoms. The van der Waals surface area contributed by atoms with E-state index in [0.717, 1.165) is 12.0 Å². The third-order valence-corrected chi connectivity index (χ3v) is 5.08. The maximum atomic E-state index is 13.1. The van der Waals surface area contributed by atoms with Crippen molar-refractivity contribution in [2.75, 3.05) is 19.6 Å². The van der Waals surface area contributed by atoms with Crippen molar-refractivity contribution in [3.63, 3.8) is 0 Å². The van der Waals surface area contributed by atoms with Crippen LogP contribution in [0.4, 0.5) is 0 Å². The largest absolute Gasteiger partial charge is 0.454 e. The molecule has 10 nitrogen and oxygen atoms in total. The molecule has 0 radical (unpaired) electrons. The van der Waals surface area contributed by atoms with Crippen LogP contribution in [0.3, 0.4) is 0 Å². The minimum absolute atomic E-state index is 0.235. The number of hydrogen-bond donors (Lipinski definition) is 4. The van der Waals surface area contributed by atoms with E-state index < -0.39 is 54.3 Å². The molecule has 0 fully saturated rings. The normalized spacial score (nSPS) is 12.8. The fraction of sp³-hybridized carbons (Fsp3) is 0.593. The van der Waals surface area contributed by atoms with Gasteiger partial charge in [-0.2, -0.15) is 0 Å². The van der Waals surface area contributed by atoms with Crippen LogP contribution in [0.25, 0.3) is 0 Å². The van der Waals surface area contributed by atoms with Crippen molar-refractivity contribution in [3.8, 4) is 0 Å². The van der Waals surface area contributed by atoms with Gasteiger partial charge >= 0.3 is 5.97 Å². The van der Waals surface area contributed by atoms with E-state index in [1.165, 1.54) is 0 Å². The Morgan fingerprint density at radius 2 is 1.54 bits per heavy atom. The molecule has 0 saturated carbocycles. The molecular weight excluding hydrogens is 476 g/mol. The highest BCUT2D eigenvalue weighted by Crippen LogP contribution is 2.09. The van der Waals surface area contributed by atoms with E-state index >= 15 is 0 Å². The van der Waals surface area contributed by atoms with Crippen LogP contribution in [0.2, 0.25) is 0 Å². The number of rotatable bonds is 15. The van der Waals surface area contributed by atoms with Crippen LogP contribution in [0, 0.1) is 5.92 Å². The predicted molar refractivity (Wildman–Crippen MR) is 140 cm³/mol. The topological polar surface area (TPSA) is 143 Å². The Balaban J connectivity index is 2.78. The van der Waals surface area contributed by atoms with E-state index in [1.54, 1.807) is 20.8 Å². The number of amides is 3. The van der Waals surface area contributed by atoms with Gasteiger partial charge in [-0.15, -0.1) is 0 Å². The van der Waals surface area contributed by atoms with E-state index in [9.17, 15) is 24.0 Å². The molecule has 0 aliphatic heterocycles. The van der Waals surface area contributed by atoms with Crippen molar-refractivity contribution in [2.24, 2.45) is 5.92 Å². The number of esters is 1. The van der Waals surface area contributed by atoms with Gasteiger partial charge in [0.05, 0.1) is 19.1 Å². The molecule has 0 aliphatic carbocycles. The van der Waals surface area contributed by atoms with Gasteiger partial charge in [-0.05, 0) is 51.6 Å². The zero-order valence-corrected chi connectivity index (χ0v) is 22.8. The standard InChI is InChI=1S/C27H42N4O6/c1-7-13-28-20(14-18(2)3)25(35)31-21(15-19-11-9-8-10-12-19)24(34)30-17-23(33)29-16-22(32)26(36)37-27(4,5)6/h8-12,18,20-21,28H,7,13-17H2,1-6H3,(H,29,33)(H,30,34)(H,31,35)/t20?,21-/m0/s1. The fourth-order valence-electron chi connectivity index (χ4n) is 3.34. The number of ketones is 1. The van der Waals surface area contributed by atoms with Crippen molar-refractivity contribution >= 4 is 29.5 Å². The molecule has 0 saturated heterocycles. The Morgan fingerprint density at radius 1 is 0.892 bits per heavy atom. The summed E-state index contributed by atoms with van der Waals surface area (Å²) in [5.41, 5.74) is 0.0145. The molecule has 0 bridgehead atoms. The monoisotopic (exact) mass is 518 g/mol. The summed E-state index contributed by atoms with van der Waals surface area (Å²) in [6, 6.07) is 7.87. The van der Waals surface area contributed by atoms with E-state index in [4.69, 9.17) is 4.74 Å². The molecule has 1 aromatic carbocycles. The number of carbonyl (C=O) groups is 5. The van der Waals surface area contributed by atoms with E-state index in [2.05, 4.69) is 21.3 Å². The third kappa shape index (κ3) is 13.6. The van der Waals surface area contributed by atoms with Crippen molar-refractivity contribution < 1.29 is 28.7 Å². The molecule has 1 unspecified atom stereocenters. The summed E-state index contributed by atoms with van der Waals surface area (Å²) in [4.78, 5) is 61.9. The smallest absolute Gasteiger partial charge is 0.377 e. The van der Waals surface area contributed by atoms with Crippen LogP contribution in [0.15, 0.2) is 30.3 Å². The zero-order chi connectivity index (χ0) is 28.0. The van der Waals surface area contributed by atoms with Gasteiger partial charge < -0.3 is 26.0 Å². The van der Waals surface area contributed by atoms with Crippen molar-refractivity contribution in [3.05, 3.63) is 35.9 Å². The van der Waals surface area contributed by atoms with Crippen LogP contribution >= 0.6 is 0 Å². The average molecular weight is 519 g/mol. The molecule has 0 heterocycles. The quantitative estimate of drug-likeness (QED) is 0.202. The maximum Gasteiger partial charge on any atom is 0.377 e. The van der Waals surface area contributed by atoms with Crippen molar-refractivity contribution in [1.82, 2.24) is 21.3 Å². The molecule has 0 spiro atoms. The van der Waals surface area contributed by atoms with Gasteiger partial charge in [0.2, 0.25) is 17.7 Å². The molecule has 4 N–H and O–H groups in total. The number of Topliss-reactive ketones (excluding diaryl/α,β-unsaturated/α-hetero) is 1. The van der Waals surface area contributed by atoms with Crippen molar-refractivity contribution in [1.29, 1.82) is 0 Å². The van der Waals surface area contributed by atoms with E-state index in [1.807, 2.05) is 51.1 Å². The Hall–Kier alpha value is -3.27. The van der Waals surface area contributed by atoms with E-state index in [0.29, 0.717) is 13.0 Å². The van der Waals surface area contributed by atoms with Crippen LogP contribution in [-0.2, 0) is 35.1 Å². The molecule has 1 aromatic rings.